The molecule has 2 rings (SSSR count). The van der Waals surface area contributed by atoms with Gasteiger partial charge in [-0.3, -0.25) is 4.79 Å². The van der Waals surface area contributed by atoms with Gasteiger partial charge in [-0.25, -0.2) is 9.07 Å². The van der Waals surface area contributed by atoms with Gasteiger partial charge < -0.3 is 10.5 Å². The normalized spacial score (nSPS) is 14.0. The van der Waals surface area contributed by atoms with E-state index in [0.29, 0.717) is 21.4 Å². The van der Waals surface area contributed by atoms with E-state index in [0.717, 1.165) is 0 Å². The SMILES string of the molecule is COC(C)(C(N)=O)n1nc(C)c(Br)c1-c1ccc(F)cc1. The number of carbonyl (C=O) groups excluding carboxylic acids is 1. The fourth-order valence-electron chi connectivity index (χ4n) is 1.97. The van der Waals surface area contributed by atoms with Gasteiger partial charge in [-0.05, 0) is 54.0 Å². The maximum absolute atomic E-state index is 13.1. The van der Waals surface area contributed by atoms with Gasteiger partial charge in [0.1, 0.15) is 5.82 Å². The van der Waals surface area contributed by atoms with Crippen LogP contribution in [0.25, 0.3) is 11.3 Å². The van der Waals surface area contributed by atoms with E-state index in [1.54, 1.807) is 19.1 Å². The van der Waals surface area contributed by atoms with Gasteiger partial charge in [-0.2, -0.15) is 5.10 Å². The van der Waals surface area contributed by atoms with Gasteiger partial charge in [0.25, 0.3) is 5.91 Å². The molecule has 0 fully saturated rings. The first kappa shape index (κ1) is 15.7. The van der Waals surface area contributed by atoms with Crippen LogP contribution in [0.4, 0.5) is 4.39 Å². The van der Waals surface area contributed by atoms with Gasteiger partial charge >= 0.3 is 0 Å². The number of nitrogens with two attached hydrogens (primary N) is 1. The van der Waals surface area contributed by atoms with Crippen molar-refractivity contribution in [3.8, 4) is 11.3 Å². The number of aryl methyl sites for hydroxylation is 1. The van der Waals surface area contributed by atoms with Crippen molar-refractivity contribution in [2.75, 3.05) is 7.11 Å². The molecule has 0 radical (unpaired) electrons. The third kappa shape index (κ3) is 2.58. The molecule has 0 saturated carbocycles. The Kier molecular flexibility index (Phi) is 4.15. The highest BCUT2D eigenvalue weighted by Crippen LogP contribution is 2.35. The third-order valence-corrected chi connectivity index (χ3v) is 4.31. The van der Waals surface area contributed by atoms with Gasteiger partial charge in [0.15, 0.2) is 0 Å². The second kappa shape index (κ2) is 5.57. The van der Waals surface area contributed by atoms with E-state index in [9.17, 15) is 9.18 Å². The molecule has 112 valence electrons. The summed E-state index contributed by atoms with van der Waals surface area (Å²) in [4.78, 5) is 11.8. The predicted octanol–water partition coefficient (Wildman–Crippen LogP) is 2.56. The highest BCUT2D eigenvalue weighted by molar-refractivity contribution is 9.10. The Morgan fingerprint density at radius 3 is 2.48 bits per heavy atom. The lowest BCUT2D eigenvalue weighted by molar-refractivity contribution is -0.151. The molecule has 0 bridgehead atoms. The number of hydrogen-bond donors (Lipinski definition) is 1. The van der Waals surface area contributed by atoms with Crippen LogP contribution in [-0.4, -0.2) is 22.8 Å². The molecule has 1 unspecified atom stereocenters. The van der Waals surface area contributed by atoms with E-state index in [4.69, 9.17) is 10.5 Å². The van der Waals surface area contributed by atoms with Crippen LogP contribution in [0.15, 0.2) is 28.7 Å². The molecule has 0 aliphatic carbocycles. The second-order valence-electron chi connectivity index (χ2n) is 4.72. The molecule has 0 saturated heterocycles. The Balaban J connectivity index is 2.72. The van der Waals surface area contributed by atoms with E-state index >= 15 is 0 Å². The monoisotopic (exact) mass is 355 g/mol. The molecule has 2 N–H and O–H groups in total. The molecule has 1 aromatic carbocycles. The number of methoxy groups -OCH3 is 1. The summed E-state index contributed by atoms with van der Waals surface area (Å²) in [6.45, 7) is 3.31. The predicted molar refractivity (Wildman–Crippen MR) is 79.9 cm³/mol. The lowest BCUT2D eigenvalue weighted by Crippen LogP contribution is -2.46. The number of hydrogen-bond acceptors (Lipinski definition) is 3. The standard InChI is InChI=1S/C14H15BrFN3O2/c1-8-11(15)12(9-4-6-10(16)7-5-9)19(18-8)14(2,21-3)13(17)20/h4-7H,1-3H3,(H2,17,20). The van der Waals surface area contributed by atoms with E-state index in [1.807, 2.05) is 0 Å². The van der Waals surface area contributed by atoms with Crippen molar-refractivity contribution >= 4 is 21.8 Å². The number of benzene rings is 1. The zero-order chi connectivity index (χ0) is 15.8. The first-order valence-electron chi connectivity index (χ1n) is 6.18. The summed E-state index contributed by atoms with van der Waals surface area (Å²) < 4.78 is 20.5. The van der Waals surface area contributed by atoms with Crippen molar-refractivity contribution in [2.45, 2.75) is 19.6 Å². The van der Waals surface area contributed by atoms with Gasteiger partial charge in [-0.1, -0.05) is 0 Å². The number of nitrogens with zero attached hydrogens (tertiary/aromatic N) is 2. The average Bonchev–Trinajstić information content (AvgIpc) is 2.75. The molecule has 1 amide bonds. The van der Waals surface area contributed by atoms with Crippen molar-refractivity contribution in [1.82, 2.24) is 9.78 Å². The summed E-state index contributed by atoms with van der Waals surface area (Å²) in [5, 5.41) is 4.32. The van der Waals surface area contributed by atoms with Crippen LogP contribution in [0.1, 0.15) is 12.6 Å². The average molecular weight is 356 g/mol. The molecule has 0 aliphatic rings. The molecular formula is C14H15BrFN3O2. The molecule has 7 heteroatoms. The first-order chi connectivity index (χ1) is 9.81. The molecule has 1 heterocycles. The summed E-state index contributed by atoms with van der Waals surface area (Å²) in [7, 11) is 1.38. The lowest BCUT2D eigenvalue weighted by atomic mass is 10.1. The second-order valence-corrected chi connectivity index (χ2v) is 5.51. The minimum absolute atomic E-state index is 0.345. The number of rotatable bonds is 4. The Hall–Kier alpha value is -1.73. The van der Waals surface area contributed by atoms with Crippen molar-refractivity contribution in [2.24, 2.45) is 5.73 Å². The topological polar surface area (TPSA) is 70.1 Å². The summed E-state index contributed by atoms with van der Waals surface area (Å²) in [5.41, 5.74) is 5.95. The summed E-state index contributed by atoms with van der Waals surface area (Å²) in [6, 6.07) is 5.87. The van der Waals surface area contributed by atoms with Crippen LogP contribution in [-0.2, 0) is 15.3 Å². The number of halogens is 2. The quantitative estimate of drug-likeness (QED) is 0.915. The maximum Gasteiger partial charge on any atom is 0.272 e. The molecular weight excluding hydrogens is 341 g/mol. The molecule has 0 aliphatic heterocycles. The van der Waals surface area contributed by atoms with Gasteiger partial charge in [0.2, 0.25) is 5.72 Å². The minimum Gasteiger partial charge on any atom is -0.365 e. The fourth-order valence-corrected chi connectivity index (χ4v) is 2.44. The number of aromatic nitrogens is 2. The minimum atomic E-state index is -1.44. The van der Waals surface area contributed by atoms with E-state index in [2.05, 4.69) is 21.0 Å². The van der Waals surface area contributed by atoms with Crippen molar-refractivity contribution in [3.63, 3.8) is 0 Å². The number of ether oxygens (including phenoxy) is 1. The van der Waals surface area contributed by atoms with Crippen LogP contribution < -0.4 is 5.73 Å². The summed E-state index contributed by atoms with van der Waals surface area (Å²) >= 11 is 3.44. The Bertz CT molecular complexity index is 684. The van der Waals surface area contributed by atoms with E-state index in [-0.39, 0.29) is 5.82 Å². The molecule has 2 aromatic rings. The van der Waals surface area contributed by atoms with Crippen molar-refractivity contribution in [3.05, 3.63) is 40.2 Å². The molecule has 5 nitrogen and oxygen atoms in total. The third-order valence-electron chi connectivity index (χ3n) is 3.36. The highest BCUT2D eigenvalue weighted by atomic mass is 79.9. The Morgan fingerprint density at radius 1 is 1.43 bits per heavy atom. The van der Waals surface area contributed by atoms with Gasteiger partial charge in [0.05, 0.1) is 15.9 Å². The largest absolute Gasteiger partial charge is 0.365 e. The van der Waals surface area contributed by atoms with Crippen molar-refractivity contribution in [1.29, 1.82) is 0 Å². The van der Waals surface area contributed by atoms with Crippen molar-refractivity contribution < 1.29 is 13.9 Å². The smallest absolute Gasteiger partial charge is 0.272 e. The van der Waals surface area contributed by atoms with Crippen LogP contribution in [0.3, 0.4) is 0 Å². The molecule has 0 spiro atoms. The zero-order valence-corrected chi connectivity index (χ0v) is 13.4. The molecule has 21 heavy (non-hydrogen) atoms. The lowest BCUT2D eigenvalue weighted by Gasteiger charge is -2.27. The van der Waals surface area contributed by atoms with Gasteiger partial charge in [-0.15, -0.1) is 0 Å². The highest BCUT2D eigenvalue weighted by Gasteiger charge is 2.37. The number of amides is 1. The van der Waals surface area contributed by atoms with Crippen LogP contribution >= 0.6 is 15.9 Å². The van der Waals surface area contributed by atoms with Crippen LogP contribution in [0, 0.1) is 12.7 Å². The van der Waals surface area contributed by atoms with Gasteiger partial charge in [0, 0.05) is 12.7 Å². The number of carbonyl (C=O) groups is 1. The van der Waals surface area contributed by atoms with Crippen LogP contribution in [0.2, 0.25) is 0 Å². The first-order valence-corrected chi connectivity index (χ1v) is 6.97. The number of primary amides is 1. The Morgan fingerprint density at radius 2 is 2.00 bits per heavy atom. The molecule has 1 atom stereocenters. The fraction of sp³-hybridized carbons (Fsp3) is 0.286. The van der Waals surface area contributed by atoms with E-state index < -0.39 is 11.6 Å². The zero-order valence-electron chi connectivity index (χ0n) is 11.9. The maximum atomic E-state index is 13.1. The Labute approximate surface area is 130 Å². The summed E-state index contributed by atoms with van der Waals surface area (Å²) in [5.74, 6) is -1.02. The van der Waals surface area contributed by atoms with Crippen LogP contribution in [0.5, 0.6) is 0 Å². The summed E-state index contributed by atoms with van der Waals surface area (Å²) in [6.07, 6.45) is 0. The molecule has 1 aromatic heterocycles. The van der Waals surface area contributed by atoms with E-state index in [1.165, 1.54) is 30.8 Å².